The summed E-state index contributed by atoms with van der Waals surface area (Å²) in [6, 6.07) is 17.3. The zero-order valence-corrected chi connectivity index (χ0v) is 16.1. The maximum Gasteiger partial charge on any atom is 0.253 e. The Bertz CT molecular complexity index is 1170. The number of nitrogens with one attached hydrogen (secondary N) is 1. The highest BCUT2D eigenvalue weighted by Gasteiger charge is 2.22. The molecule has 2 amide bonds. The summed E-state index contributed by atoms with van der Waals surface area (Å²) in [5.41, 5.74) is 8.16. The van der Waals surface area contributed by atoms with E-state index in [-0.39, 0.29) is 12.3 Å². The predicted octanol–water partition coefficient (Wildman–Crippen LogP) is 3.26. The molecule has 0 unspecified atom stereocenters. The van der Waals surface area contributed by atoms with Crippen molar-refractivity contribution >= 4 is 45.2 Å². The lowest BCUT2D eigenvalue weighted by Gasteiger charge is -2.17. The zero-order chi connectivity index (χ0) is 20.4. The van der Waals surface area contributed by atoms with Crippen molar-refractivity contribution in [1.29, 1.82) is 0 Å². The van der Waals surface area contributed by atoms with Crippen LogP contribution in [0.3, 0.4) is 0 Å². The number of nitrogens with zero attached hydrogens (tertiary/aromatic N) is 2. The van der Waals surface area contributed by atoms with Gasteiger partial charge in [-0.2, -0.15) is 0 Å². The molecule has 0 bridgehead atoms. The topological polar surface area (TPSA) is 98.0 Å². The van der Waals surface area contributed by atoms with Crippen LogP contribution < -0.4 is 11.1 Å². The Hall–Kier alpha value is -3.51. The summed E-state index contributed by atoms with van der Waals surface area (Å²) in [4.78, 5) is 33.9. The van der Waals surface area contributed by atoms with Crippen molar-refractivity contribution in [3.05, 3.63) is 83.1 Å². The molecule has 2 aromatic carbocycles. The monoisotopic (exact) mass is 404 g/mol. The van der Waals surface area contributed by atoms with Crippen molar-refractivity contribution < 1.29 is 9.59 Å². The van der Waals surface area contributed by atoms with Crippen LogP contribution in [0.15, 0.2) is 66.9 Å². The van der Waals surface area contributed by atoms with Gasteiger partial charge in [0.05, 0.1) is 16.6 Å². The van der Waals surface area contributed by atoms with E-state index in [1.54, 1.807) is 18.3 Å². The van der Waals surface area contributed by atoms with E-state index in [1.807, 2.05) is 48.5 Å². The van der Waals surface area contributed by atoms with E-state index in [1.165, 1.54) is 0 Å². The maximum absolute atomic E-state index is 13.2. The van der Waals surface area contributed by atoms with Gasteiger partial charge in [-0.05, 0) is 23.8 Å². The number of pyridine rings is 2. The van der Waals surface area contributed by atoms with Crippen molar-refractivity contribution in [2.75, 3.05) is 0 Å². The summed E-state index contributed by atoms with van der Waals surface area (Å²) in [5.74, 6) is -1.01. The number of rotatable bonds is 5. The molecule has 0 aliphatic heterocycles. The minimum atomic E-state index is -0.892. The Kier molecular flexibility index (Phi) is 5.10. The fourth-order valence-electron chi connectivity index (χ4n) is 3.30. The first-order valence-corrected chi connectivity index (χ1v) is 9.39. The van der Waals surface area contributed by atoms with Crippen LogP contribution in [0.5, 0.6) is 0 Å². The van der Waals surface area contributed by atoms with E-state index in [9.17, 15) is 9.59 Å². The molecule has 0 aliphatic carbocycles. The van der Waals surface area contributed by atoms with Crippen LogP contribution in [0.4, 0.5) is 0 Å². The van der Waals surface area contributed by atoms with E-state index in [2.05, 4.69) is 15.3 Å². The molecular formula is C22H17ClN4O2. The molecule has 1 atom stereocenters. The number of para-hydroxylation sites is 2. The van der Waals surface area contributed by atoms with Gasteiger partial charge in [-0.25, -0.2) is 9.97 Å². The van der Waals surface area contributed by atoms with Crippen LogP contribution in [0, 0.1) is 0 Å². The number of fused-ring (bicyclic) bond motifs is 2. The minimum absolute atomic E-state index is 0.214. The lowest BCUT2D eigenvalue weighted by Crippen LogP contribution is -2.46. The fourth-order valence-corrected chi connectivity index (χ4v) is 3.41. The van der Waals surface area contributed by atoms with E-state index < -0.39 is 11.9 Å². The third kappa shape index (κ3) is 3.88. The lowest BCUT2D eigenvalue weighted by atomic mass is 10.0. The van der Waals surface area contributed by atoms with Crippen LogP contribution in [0.1, 0.15) is 15.9 Å². The first-order chi connectivity index (χ1) is 14.0. The lowest BCUT2D eigenvalue weighted by molar-refractivity contribution is -0.119. The quantitative estimate of drug-likeness (QED) is 0.394. The molecule has 3 N–H and O–H groups in total. The molecule has 144 valence electrons. The molecule has 4 rings (SSSR count). The largest absolute Gasteiger partial charge is 0.368 e. The first kappa shape index (κ1) is 18.8. The highest BCUT2D eigenvalue weighted by molar-refractivity contribution is 6.29. The Morgan fingerprint density at radius 1 is 0.966 bits per heavy atom. The smallest absolute Gasteiger partial charge is 0.253 e. The molecular weight excluding hydrogens is 388 g/mol. The SMILES string of the molecule is NC(=O)[C@@H](Cc1ccc(Cl)nc1)NC(=O)c1c2ccccc2nc2ccccc12. The van der Waals surface area contributed by atoms with Gasteiger partial charge >= 0.3 is 0 Å². The van der Waals surface area contributed by atoms with Gasteiger partial charge < -0.3 is 11.1 Å². The second-order valence-electron chi connectivity index (χ2n) is 6.64. The Morgan fingerprint density at radius 2 is 1.59 bits per heavy atom. The van der Waals surface area contributed by atoms with Gasteiger partial charge in [-0.1, -0.05) is 54.1 Å². The van der Waals surface area contributed by atoms with Gasteiger partial charge in [-0.3, -0.25) is 9.59 Å². The molecule has 0 spiro atoms. The normalized spacial score (nSPS) is 12.0. The minimum Gasteiger partial charge on any atom is -0.368 e. The molecule has 4 aromatic rings. The van der Waals surface area contributed by atoms with Gasteiger partial charge in [0.2, 0.25) is 5.91 Å². The average Bonchev–Trinajstić information content (AvgIpc) is 2.72. The second-order valence-corrected chi connectivity index (χ2v) is 7.03. The number of nitrogens with two attached hydrogens (primary N) is 1. The second kappa shape index (κ2) is 7.85. The highest BCUT2D eigenvalue weighted by Crippen LogP contribution is 2.26. The van der Waals surface area contributed by atoms with Crippen molar-refractivity contribution in [2.45, 2.75) is 12.5 Å². The highest BCUT2D eigenvalue weighted by atomic mass is 35.5. The molecule has 2 aromatic heterocycles. The summed E-state index contributed by atoms with van der Waals surface area (Å²) in [6.07, 6.45) is 1.77. The molecule has 0 saturated heterocycles. The fraction of sp³-hybridized carbons (Fsp3) is 0.0909. The van der Waals surface area contributed by atoms with Gasteiger partial charge in [0.15, 0.2) is 0 Å². The number of halogens is 1. The molecule has 0 saturated carbocycles. The molecule has 29 heavy (non-hydrogen) atoms. The van der Waals surface area contributed by atoms with E-state index >= 15 is 0 Å². The number of carbonyl (C=O) groups is 2. The van der Waals surface area contributed by atoms with Gasteiger partial charge in [0.1, 0.15) is 11.2 Å². The van der Waals surface area contributed by atoms with Crippen molar-refractivity contribution in [3.63, 3.8) is 0 Å². The van der Waals surface area contributed by atoms with Crippen LogP contribution >= 0.6 is 11.6 Å². The maximum atomic E-state index is 13.2. The summed E-state index contributed by atoms with van der Waals surface area (Å²) in [5, 5.41) is 4.55. The number of primary amides is 1. The van der Waals surface area contributed by atoms with Crippen molar-refractivity contribution in [1.82, 2.24) is 15.3 Å². The molecule has 7 heteroatoms. The number of aromatic nitrogens is 2. The van der Waals surface area contributed by atoms with E-state index in [0.29, 0.717) is 32.5 Å². The van der Waals surface area contributed by atoms with Crippen molar-refractivity contribution in [2.24, 2.45) is 5.73 Å². The third-order valence-corrected chi connectivity index (χ3v) is 4.92. The van der Waals surface area contributed by atoms with Gasteiger partial charge in [-0.15, -0.1) is 0 Å². The Balaban J connectivity index is 1.73. The number of hydrogen-bond acceptors (Lipinski definition) is 4. The average molecular weight is 405 g/mol. The molecule has 2 heterocycles. The van der Waals surface area contributed by atoms with Gasteiger partial charge in [0.25, 0.3) is 5.91 Å². The van der Waals surface area contributed by atoms with Crippen LogP contribution in [-0.4, -0.2) is 27.8 Å². The van der Waals surface area contributed by atoms with E-state index in [0.717, 1.165) is 5.56 Å². The Labute approximate surface area is 171 Å². The van der Waals surface area contributed by atoms with Crippen molar-refractivity contribution in [3.8, 4) is 0 Å². The zero-order valence-electron chi connectivity index (χ0n) is 15.3. The summed E-state index contributed by atoms with van der Waals surface area (Å²) >= 11 is 5.81. The number of benzene rings is 2. The number of amides is 2. The molecule has 6 nitrogen and oxygen atoms in total. The summed E-state index contributed by atoms with van der Waals surface area (Å²) in [7, 11) is 0. The molecule has 0 aliphatic rings. The van der Waals surface area contributed by atoms with Crippen LogP contribution in [0.25, 0.3) is 21.8 Å². The standard InChI is InChI=1S/C22H17ClN4O2/c23-19-10-9-13(12-25-19)11-18(21(24)28)27-22(29)20-14-5-1-3-7-16(14)26-17-8-4-2-6-15(17)20/h1-10,12,18H,11H2,(H2,24,28)(H,27,29)/t18-/m1/s1. The number of hydrogen-bond donors (Lipinski definition) is 2. The van der Waals surface area contributed by atoms with Crippen LogP contribution in [-0.2, 0) is 11.2 Å². The summed E-state index contributed by atoms with van der Waals surface area (Å²) < 4.78 is 0. The molecule has 0 fully saturated rings. The van der Waals surface area contributed by atoms with E-state index in [4.69, 9.17) is 17.3 Å². The Morgan fingerprint density at radius 3 is 2.14 bits per heavy atom. The molecule has 0 radical (unpaired) electrons. The van der Waals surface area contributed by atoms with Gasteiger partial charge in [0, 0.05) is 23.4 Å². The number of carbonyl (C=O) groups excluding carboxylic acids is 2. The predicted molar refractivity (Wildman–Crippen MR) is 113 cm³/mol. The third-order valence-electron chi connectivity index (χ3n) is 4.69. The summed E-state index contributed by atoms with van der Waals surface area (Å²) in [6.45, 7) is 0. The first-order valence-electron chi connectivity index (χ1n) is 9.01. The van der Waals surface area contributed by atoms with Crippen LogP contribution in [0.2, 0.25) is 5.15 Å².